The van der Waals surface area contributed by atoms with Gasteiger partial charge in [0.1, 0.15) is 12.2 Å². The van der Waals surface area contributed by atoms with Gasteiger partial charge in [-0.2, -0.15) is 4.98 Å². The fraction of sp³-hybridized carbons (Fsp3) is 0.308. The van der Waals surface area contributed by atoms with E-state index >= 15 is 0 Å². The Bertz CT molecular complexity index is 748. The minimum atomic E-state index is -0.0922. The third-order valence-electron chi connectivity index (χ3n) is 3.02. The lowest BCUT2D eigenvalue weighted by molar-refractivity contribution is -0.121. The first-order chi connectivity index (χ1) is 10.7. The number of hydrogen-bond acceptors (Lipinski definition) is 7. The molecular formula is C13H14N6O2S. The minimum Gasteiger partial charge on any atom is -0.349 e. The highest BCUT2D eigenvalue weighted by Crippen LogP contribution is 2.22. The van der Waals surface area contributed by atoms with Crippen LogP contribution in [0.5, 0.6) is 0 Å². The average Bonchev–Trinajstić information content (AvgIpc) is 3.24. The first-order valence-electron chi connectivity index (χ1n) is 6.68. The summed E-state index contributed by atoms with van der Waals surface area (Å²) < 4.78 is 6.94. The van der Waals surface area contributed by atoms with E-state index in [-0.39, 0.29) is 12.5 Å². The Morgan fingerprint density at radius 1 is 1.50 bits per heavy atom. The first kappa shape index (κ1) is 14.4. The molecule has 3 aromatic rings. The van der Waals surface area contributed by atoms with Gasteiger partial charge in [0.25, 0.3) is 5.89 Å². The summed E-state index contributed by atoms with van der Waals surface area (Å²) in [6.07, 6.45) is 2.48. The van der Waals surface area contributed by atoms with Gasteiger partial charge < -0.3 is 14.4 Å². The second-order valence-electron chi connectivity index (χ2n) is 4.63. The van der Waals surface area contributed by atoms with E-state index in [1.807, 2.05) is 24.6 Å². The highest BCUT2D eigenvalue weighted by Gasteiger charge is 2.11. The second kappa shape index (κ2) is 6.48. The van der Waals surface area contributed by atoms with Crippen molar-refractivity contribution in [2.24, 2.45) is 7.05 Å². The summed E-state index contributed by atoms with van der Waals surface area (Å²) in [6, 6.07) is 3.82. The van der Waals surface area contributed by atoms with Crippen molar-refractivity contribution in [2.75, 3.05) is 0 Å². The summed E-state index contributed by atoms with van der Waals surface area (Å²) in [6.45, 7) is 0.243. The average molecular weight is 318 g/mol. The molecule has 0 unspecified atom stereocenters. The molecule has 8 nitrogen and oxygen atoms in total. The largest absolute Gasteiger partial charge is 0.349 e. The lowest BCUT2D eigenvalue weighted by atomic mass is 10.3. The second-order valence-corrected chi connectivity index (χ2v) is 5.58. The summed E-state index contributed by atoms with van der Waals surface area (Å²) in [5.41, 5.74) is 0. The SMILES string of the molecule is Cn1cnnc1CCC(=O)NCc1noc(-c2cccs2)n1. The molecule has 22 heavy (non-hydrogen) atoms. The molecule has 3 heterocycles. The lowest BCUT2D eigenvalue weighted by Crippen LogP contribution is -2.24. The molecule has 3 rings (SSSR count). The van der Waals surface area contributed by atoms with Crippen LogP contribution in [0.3, 0.4) is 0 Å². The Balaban J connectivity index is 1.48. The maximum Gasteiger partial charge on any atom is 0.268 e. The van der Waals surface area contributed by atoms with E-state index in [0.717, 1.165) is 10.7 Å². The van der Waals surface area contributed by atoms with Crippen molar-refractivity contribution in [1.82, 2.24) is 30.2 Å². The molecule has 0 saturated heterocycles. The molecule has 0 radical (unpaired) electrons. The van der Waals surface area contributed by atoms with E-state index in [1.54, 1.807) is 10.9 Å². The standard InChI is InChI=1S/C13H14N6O2S/c1-19-8-15-17-11(19)4-5-12(20)14-7-10-16-13(21-18-10)9-3-2-6-22-9/h2-3,6,8H,4-5,7H2,1H3,(H,14,20). The van der Waals surface area contributed by atoms with Gasteiger partial charge in [-0.1, -0.05) is 11.2 Å². The van der Waals surface area contributed by atoms with Crippen LogP contribution in [-0.2, 0) is 24.8 Å². The number of aromatic nitrogens is 5. The summed E-state index contributed by atoms with van der Waals surface area (Å²) in [5, 5.41) is 16.2. The zero-order valence-electron chi connectivity index (χ0n) is 11.9. The number of hydrogen-bond donors (Lipinski definition) is 1. The van der Waals surface area contributed by atoms with E-state index in [1.165, 1.54) is 11.3 Å². The number of nitrogens with one attached hydrogen (secondary N) is 1. The Labute approximate surface area is 130 Å². The summed E-state index contributed by atoms with van der Waals surface area (Å²) in [5.74, 6) is 1.61. The maximum absolute atomic E-state index is 11.8. The third-order valence-corrected chi connectivity index (χ3v) is 3.88. The molecule has 0 aliphatic rings. The van der Waals surface area contributed by atoms with Crippen molar-refractivity contribution in [1.29, 1.82) is 0 Å². The number of thiophene rings is 1. The highest BCUT2D eigenvalue weighted by molar-refractivity contribution is 7.13. The van der Waals surface area contributed by atoms with Crippen molar-refractivity contribution in [3.05, 3.63) is 35.5 Å². The van der Waals surface area contributed by atoms with Crippen molar-refractivity contribution >= 4 is 17.2 Å². The Kier molecular flexibility index (Phi) is 4.24. The molecule has 0 saturated carbocycles. The van der Waals surface area contributed by atoms with E-state index < -0.39 is 0 Å². The van der Waals surface area contributed by atoms with E-state index in [4.69, 9.17) is 4.52 Å². The van der Waals surface area contributed by atoms with Gasteiger partial charge >= 0.3 is 0 Å². The van der Waals surface area contributed by atoms with Crippen molar-refractivity contribution in [3.8, 4) is 10.8 Å². The molecule has 0 aliphatic heterocycles. The molecule has 0 aromatic carbocycles. The van der Waals surface area contributed by atoms with Crippen molar-refractivity contribution < 1.29 is 9.32 Å². The molecule has 0 bridgehead atoms. The van der Waals surface area contributed by atoms with Crippen molar-refractivity contribution in [2.45, 2.75) is 19.4 Å². The van der Waals surface area contributed by atoms with Gasteiger partial charge in [-0.25, -0.2) is 0 Å². The molecule has 114 valence electrons. The smallest absolute Gasteiger partial charge is 0.268 e. The molecule has 0 fully saturated rings. The molecule has 3 aromatic heterocycles. The summed E-state index contributed by atoms with van der Waals surface area (Å²) >= 11 is 1.52. The zero-order chi connectivity index (χ0) is 15.4. The predicted octanol–water partition coefficient (Wildman–Crippen LogP) is 1.18. The molecule has 1 N–H and O–H groups in total. The van der Waals surface area contributed by atoms with E-state index in [0.29, 0.717) is 24.6 Å². The highest BCUT2D eigenvalue weighted by atomic mass is 32.1. The Hall–Kier alpha value is -2.55. The van der Waals surface area contributed by atoms with Crippen LogP contribution in [-0.4, -0.2) is 30.8 Å². The number of aryl methyl sites for hydroxylation is 2. The fourth-order valence-corrected chi connectivity index (χ4v) is 2.50. The van der Waals surface area contributed by atoms with Crippen LogP contribution in [0.4, 0.5) is 0 Å². The minimum absolute atomic E-state index is 0.0922. The first-order valence-corrected chi connectivity index (χ1v) is 7.56. The normalized spacial score (nSPS) is 10.8. The topological polar surface area (TPSA) is 98.7 Å². The fourth-order valence-electron chi connectivity index (χ4n) is 1.85. The van der Waals surface area contributed by atoms with Gasteiger partial charge in [0.15, 0.2) is 5.82 Å². The van der Waals surface area contributed by atoms with Crippen LogP contribution in [0, 0.1) is 0 Å². The molecular weight excluding hydrogens is 304 g/mol. The summed E-state index contributed by atoms with van der Waals surface area (Å²) in [4.78, 5) is 17.0. The van der Waals surface area contributed by atoms with Crippen LogP contribution >= 0.6 is 11.3 Å². The molecule has 0 aliphatic carbocycles. The number of rotatable bonds is 6. The summed E-state index contributed by atoms with van der Waals surface area (Å²) in [7, 11) is 1.85. The molecule has 0 spiro atoms. The Morgan fingerprint density at radius 2 is 2.41 bits per heavy atom. The Morgan fingerprint density at radius 3 is 3.14 bits per heavy atom. The molecule has 1 amide bonds. The maximum atomic E-state index is 11.8. The van der Waals surface area contributed by atoms with Crippen LogP contribution < -0.4 is 5.32 Å². The lowest BCUT2D eigenvalue weighted by Gasteiger charge is -2.02. The number of nitrogens with zero attached hydrogens (tertiary/aromatic N) is 5. The molecule has 9 heteroatoms. The number of carbonyl (C=O) groups is 1. The van der Waals surface area contributed by atoms with Gasteiger partial charge in [0, 0.05) is 19.9 Å². The van der Waals surface area contributed by atoms with Gasteiger partial charge in [0.2, 0.25) is 5.91 Å². The number of amides is 1. The van der Waals surface area contributed by atoms with Gasteiger partial charge in [0.05, 0.1) is 11.4 Å². The van der Waals surface area contributed by atoms with Gasteiger partial charge in [-0.05, 0) is 11.4 Å². The van der Waals surface area contributed by atoms with E-state index in [9.17, 15) is 4.79 Å². The van der Waals surface area contributed by atoms with Gasteiger partial charge in [-0.15, -0.1) is 21.5 Å². The zero-order valence-corrected chi connectivity index (χ0v) is 12.7. The van der Waals surface area contributed by atoms with Crippen LogP contribution in [0.2, 0.25) is 0 Å². The van der Waals surface area contributed by atoms with Gasteiger partial charge in [-0.3, -0.25) is 4.79 Å². The predicted molar refractivity (Wildman–Crippen MR) is 78.8 cm³/mol. The third kappa shape index (κ3) is 3.37. The van der Waals surface area contributed by atoms with E-state index in [2.05, 4.69) is 25.7 Å². The van der Waals surface area contributed by atoms with Crippen LogP contribution in [0.15, 0.2) is 28.4 Å². The molecule has 0 atom stereocenters. The van der Waals surface area contributed by atoms with Crippen LogP contribution in [0.25, 0.3) is 10.8 Å². The number of carbonyl (C=O) groups excluding carboxylic acids is 1. The van der Waals surface area contributed by atoms with Crippen molar-refractivity contribution in [3.63, 3.8) is 0 Å². The quantitative estimate of drug-likeness (QED) is 0.732. The van der Waals surface area contributed by atoms with Crippen LogP contribution in [0.1, 0.15) is 18.1 Å². The monoisotopic (exact) mass is 318 g/mol.